The van der Waals surface area contributed by atoms with Gasteiger partial charge in [0.2, 0.25) is 0 Å². The van der Waals surface area contributed by atoms with Crippen LogP contribution in [-0.4, -0.2) is 9.13 Å². The first-order chi connectivity index (χ1) is 21.8. The molecule has 0 atom stereocenters. The summed E-state index contributed by atoms with van der Waals surface area (Å²) in [5.41, 5.74) is 8.71. The number of benzene rings is 7. The van der Waals surface area contributed by atoms with Crippen LogP contribution in [0.1, 0.15) is 5.56 Å². The van der Waals surface area contributed by atoms with Gasteiger partial charge < -0.3 is 0 Å². The van der Waals surface area contributed by atoms with Crippen molar-refractivity contribution in [2.45, 2.75) is 0 Å². The van der Waals surface area contributed by atoms with Crippen molar-refractivity contribution in [3.05, 3.63) is 157 Å². The van der Waals surface area contributed by atoms with Gasteiger partial charge >= 0.3 is 0 Å². The van der Waals surface area contributed by atoms with Crippen LogP contribution in [0.25, 0.3) is 76.9 Å². The monoisotopic (exact) mass is 559 g/mol. The third kappa shape index (κ3) is 3.49. The van der Waals surface area contributed by atoms with E-state index in [2.05, 4.69) is 155 Å². The maximum Gasteiger partial charge on any atom is 0.131 e. The molecule has 0 aliphatic carbocycles. The SMILES string of the molecule is N#Cc1ccc(-c2cc3cc(-n4c5ccccc5c5c6ccccc6n(-c6ccccc6)c54)ccc3c3ccccc23)cc1. The minimum absolute atomic E-state index is 0.665. The molecular weight excluding hydrogens is 534 g/mol. The van der Waals surface area contributed by atoms with Crippen molar-refractivity contribution in [2.24, 2.45) is 0 Å². The Kier molecular flexibility index (Phi) is 5.26. The molecule has 9 aromatic rings. The summed E-state index contributed by atoms with van der Waals surface area (Å²) in [5.74, 6) is 0. The van der Waals surface area contributed by atoms with Crippen LogP contribution < -0.4 is 0 Å². The standard InChI is InChI=1S/C41H25N3/c42-26-27-18-20-28(21-19-27)37-25-29-24-31(22-23-32(29)33-12-4-5-13-34(33)37)44-39-17-9-7-15-36(39)40-35-14-6-8-16-38(35)43(41(40)44)30-10-2-1-3-11-30/h1-25H. The van der Waals surface area contributed by atoms with Crippen LogP contribution in [-0.2, 0) is 0 Å². The lowest BCUT2D eigenvalue weighted by Gasteiger charge is -2.15. The summed E-state index contributed by atoms with van der Waals surface area (Å²) in [6, 6.07) is 56.0. The largest absolute Gasteiger partial charge is 0.295 e. The molecule has 3 heteroatoms. The number of fused-ring (bicyclic) bond motifs is 8. The molecule has 2 heterocycles. The number of para-hydroxylation sites is 3. The lowest BCUT2D eigenvalue weighted by molar-refractivity contribution is 1.07. The van der Waals surface area contributed by atoms with Crippen LogP contribution >= 0.6 is 0 Å². The zero-order chi connectivity index (χ0) is 29.2. The highest BCUT2D eigenvalue weighted by Crippen LogP contribution is 2.42. The highest BCUT2D eigenvalue weighted by Gasteiger charge is 2.22. The molecule has 0 spiro atoms. The van der Waals surface area contributed by atoms with Gasteiger partial charge in [-0.1, -0.05) is 97.1 Å². The Morgan fingerprint density at radius 2 is 1.05 bits per heavy atom. The fourth-order valence-corrected chi connectivity index (χ4v) is 7.00. The van der Waals surface area contributed by atoms with E-state index in [0.717, 1.165) is 28.1 Å². The van der Waals surface area contributed by atoms with Gasteiger partial charge in [0, 0.05) is 27.5 Å². The molecule has 0 fully saturated rings. The Hall–Kier alpha value is -6.11. The highest BCUT2D eigenvalue weighted by atomic mass is 15.1. The molecule has 2 aromatic heterocycles. The molecule has 7 aromatic carbocycles. The van der Waals surface area contributed by atoms with E-state index in [1.165, 1.54) is 48.7 Å². The molecule has 9 rings (SSSR count). The molecule has 0 bridgehead atoms. The number of aromatic nitrogens is 2. The summed E-state index contributed by atoms with van der Waals surface area (Å²) in [6.07, 6.45) is 0. The predicted octanol–water partition coefficient (Wildman–Crippen LogP) is 10.6. The second-order valence-corrected chi connectivity index (χ2v) is 11.3. The first-order valence-electron chi connectivity index (χ1n) is 14.8. The molecule has 204 valence electrons. The van der Waals surface area contributed by atoms with Gasteiger partial charge in [-0.3, -0.25) is 9.13 Å². The maximum absolute atomic E-state index is 9.37. The average molecular weight is 560 g/mol. The Bertz CT molecular complexity index is 2600. The lowest BCUT2D eigenvalue weighted by Crippen LogP contribution is -2.01. The molecule has 0 aliphatic heterocycles. The quantitative estimate of drug-likeness (QED) is 0.198. The molecular formula is C41H25N3. The zero-order valence-corrected chi connectivity index (χ0v) is 23.8. The number of nitriles is 1. The molecule has 3 nitrogen and oxygen atoms in total. The summed E-state index contributed by atoms with van der Waals surface area (Å²) < 4.78 is 4.82. The minimum Gasteiger partial charge on any atom is -0.295 e. The maximum atomic E-state index is 9.37. The van der Waals surface area contributed by atoms with Gasteiger partial charge in [-0.2, -0.15) is 5.26 Å². The summed E-state index contributed by atoms with van der Waals surface area (Å²) in [4.78, 5) is 0. The van der Waals surface area contributed by atoms with E-state index in [9.17, 15) is 5.26 Å². The minimum atomic E-state index is 0.665. The lowest BCUT2D eigenvalue weighted by atomic mass is 9.93. The number of rotatable bonds is 3. The number of hydrogen-bond acceptors (Lipinski definition) is 1. The first-order valence-corrected chi connectivity index (χ1v) is 14.8. The van der Waals surface area contributed by atoms with Crippen molar-refractivity contribution in [1.29, 1.82) is 5.26 Å². The number of nitrogens with zero attached hydrogens (tertiary/aromatic N) is 3. The normalized spacial score (nSPS) is 11.6. The van der Waals surface area contributed by atoms with Gasteiger partial charge in [0.05, 0.1) is 22.7 Å². The third-order valence-electron chi connectivity index (χ3n) is 8.92. The summed E-state index contributed by atoms with van der Waals surface area (Å²) in [7, 11) is 0. The molecule has 44 heavy (non-hydrogen) atoms. The van der Waals surface area contributed by atoms with Crippen LogP contribution in [0.4, 0.5) is 0 Å². The topological polar surface area (TPSA) is 33.6 Å². The van der Waals surface area contributed by atoms with Gasteiger partial charge in [-0.15, -0.1) is 0 Å². The summed E-state index contributed by atoms with van der Waals surface area (Å²) in [6.45, 7) is 0. The van der Waals surface area contributed by atoms with Gasteiger partial charge in [0.15, 0.2) is 0 Å². The molecule has 0 saturated carbocycles. The van der Waals surface area contributed by atoms with Gasteiger partial charge in [-0.25, -0.2) is 0 Å². The molecule has 0 saturated heterocycles. The number of hydrogen-bond donors (Lipinski definition) is 0. The van der Waals surface area contributed by atoms with E-state index in [1.807, 2.05) is 12.1 Å². The van der Waals surface area contributed by atoms with Crippen LogP contribution in [0, 0.1) is 11.3 Å². The van der Waals surface area contributed by atoms with Crippen molar-refractivity contribution in [2.75, 3.05) is 0 Å². The molecule has 0 amide bonds. The third-order valence-corrected chi connectivity index (χ3v) is 8.92. The second kappa shape index (κ2) is 9.46. The average Bonchev–Trinajstić information content (AvgIpc) is 3.61. The van der Waals surface area contributed by atoms with Crippen LogP contribution in [0.5, 0.6) is 0 Å². The Morgan fingerprint density at radius 1 is 0.455 bits per heavy atom. The second-order valence-electron chi connectivity index (χ2n) is 11.3. The smallest absolute Gasteiger partial charge is 0.131 e. The van der Waals surface area contributed by atoms with E-state index < -0.39 is 0 Å². The fraction of sp³-hybridized carbons (Fsp3) is 0. The van der Waals surface area contributed by atoms with E-state index in [0.29, 0.717) is 5.56 Å². The van der Waals surface area contributed by atoms with E-state index >= 15 is 0 Å². The first kappa shape index (κ1) is 24.5. The van der Waals surface area contributed by atoms with Crippen LogP contribution in [0.15, 0.2) is 152 Å². The molecule has 0 radical (unpaired) electrons. The Morgan fingerprint density at radius 3 is 1.73 bits per heavy atom. The summed E-state index contributed by atoms with van der Waals surface area (Å²) in [5, 5.41) is 17.9. The molecule has 0 aliphatic rings. The Balaban J connectivity index is 1.39. The van der Waals surface area contributed by atoms with Crippen molar-refractivity contribution in [3.63, 3.8) is 0 Å². The predicted molar refractivity (Wildman–Crippen MR) is 183 cm³/mol. The highest BCUT2D eigenvalue weighted by molar-refractivity contribution is 6.22. The van der Waals surface area contributed by atoms with E-state index in [4.69, 9.17) is 0 Å². The van der Waals surface area contributed by atoms with Gasteiger partial charge in [0.25, 0.3) is 0 Å². The van der Waals surface area contributed by atoms with Crippen molar-refractivity contribution in [3.8, 4) is 28.6 Å². The van der Waals surface area contributed by atoms with E-state index in [-0.39, 0.29) is 0 Å². The summed E-state index contributed by atoms with van der Waals surface area (Å²) >= 11 is 0. The van der Waals surface area contributed by atoms with Crippen molar-refractivity contribution in [1.82, 2.24) is 9.13 Å². The van der Waals surface area contributed by atoms with Crippen LogP contribution in [0.3, 0.4) is 0 Å². The van der Waals surface area contributed by atoms with Crippen molar-refractivity contribution >= 4 is 54.4 Å². The fourth-order valence-electron chi connectivity index (χ4n) is 7.00. The van der Waals surface area contributed by atoms with Gasteiger partial charge in [-0.05, 0) is 87.3 Å². The van der Waals surface area contributed by atoms with Gasteiger partial charge in [0.1, 0.15) is 5.65 Å². The molecule has 0 N–H and O–H groups in total. The van der Waals surface area contributed by atoms with E-state index in [1.54, 1.807) is 0 Å². The van der Waals surface area contributed by atoms with Crippen molar-refractivity contribution < 1.29 is 0 Å². The zero-order valence-electron chi connectivity index (χ0n) is 23.8. The molecule has 0 unspecified atom stereocenters. The Labute approximate surface area is 254 Å². The van der Waals surface area contributed by atoms with Crippen LogP contribution in [0.2, 0.25) is 0 Å².